The van der Waals surface area contributed by atoms with Gasteiger partial charge in [-0.25, -0.2) is 4.39 Å². The van der Waals surface area contributed by atoms with Crippen LogP contribution in [-0.4, -0.2) is 167 Å². The molecule has 4 atom stereocenters. The number of likely N-dealkylation sites (N-methyl/N-ethyl adjacent to an activating group) is 4. The molecular formula is C87H105FN12O11S4. The maximum Gasteiger partial charge on any atom is 0.284 e. The highest BCUT2D eigenvalue weighted by Crippen LogP contribution is 2.40. The van der Waals surface area contributed by atoms with Crippen molar-refractivity contribution < 1.29 is 43.1 Å². The summed E-state index contributed by atoms with van der Waals surface area (Å²) in [7, 11) is 0. The van der Waals surface area contributed by atoms with E-state index in [-0.39, 0.29) is 57.7 Å². The normalized spacial score (nSPS) is 16.8. The molecular weight excluding hydrogens is 1540 g/mol. The van der Waals surface area contributed by atoms with E-state index in [2.05, 4.69) is 119 Å². The van der Waals surface area contributed by atoms with Crippen molar-refractivity contribution in [1.29, 1.82) is 0 Å². The lowest BCUT2D eigenvalue weighted by atomic mass is 10.0. The molecule has 610 valence electrons. The van der Waals surface area contributed by atoms with Crippen molar-refractivity contribution in [3.05, 3.63) is 245 Å². The van der Waals surface area contributed by atoms with Crippen LogP contribution < -0.4 is 26.6 Å². The van der Waals surface area contributed by atoms with E-state index in [9.17, 15) is 58.7 Å². The topological polar surface area (TPSA) is 288 Å². The van der Waals surface area contributed by atoms with E-state index < -0.39 is 20.6 Å². The zero-order chi connectivity index (χ0) is 82.7. The molecule has 4 unspecified atom stereocenters. The zero-order valence-electron chi connectivity index (χ0n) is 66.8. The van der Waals surface area contributed by atoms with Crippen molar-refractivity contribution in [3.8, 4) is 0 Å². The van der Waals surface area contributed by atoms with Gasteiger partial charge in [0.05, 0.1) is 29.5 Å². The van der Waals surface area contributed by atoms with Gasteiger partial charge in [-0.2, -0.15) is 0 Å². The maximum atomic E-state index is 14.1. The molecule has 0 radical (unpaired) electrons. The van der Waals surface area contributed by atoms with Crippen molar-refractivity contribution in [2.45, 2.75) is 183 Å². The maximum absolute atomic E-state index is 14.1. The summed E-state index contributed by atoms with van der Waals surface area (Å²) in [5.74, 6) is -1.04. The molecule has 12 rings (SSSR count). The smallest absolute Gasteiger partial charge is 0.284 e. The summed E-state index contributed by atoms with van der Waals surface area (Å²) < 4.78 is 14.1. The molecule has 0 bridgehead atoms. The van der Waals surface area contributed by atoms with Crippen LogP contribution in [0.5, 0.6) is 0 Å². The van der Waals surface area contributed by atoms with E-state index in [1.54, 1.807) is 85.4 Å². The minimum Gasteiger partial charge on any atom is -0.350 e. The number of amides is 5. The average Bonchev–Trinajstić information content (AvgIpc) is 1.78. The molecule has 0 spiro atoms. The Bertz CT molecular complexity index is 4640. The first-order chi connectivity index (χ1) is 55.3. The number of hydrogen-bond acceptors (Lipinski definition) is 19. The molecule has 23 nitrogen and oxygen atoms in total. The molecule has 0 aromatic heterocycles. The Balaban J connectivity index is 0.000000176. The van der Waals surface area contributed by atoms with E-state index in [0.29, 0.717) is 80.6 Å². The largest absolute Gasteiger partial charge is 0.350 e. The quantitative estimate of drug-likeness (QED) is 0.0215. The Morgan fingerprint density at radius 2 is 0.713 bits per heavy atom. The van der Waals surface area contributed by atoms with Crippen LogP contribution in [0.15, 0.2) is 209 Å². The van der Waals surface area contributed by atoms with Crippen LogP contribution in [0.1, 0.15) is 164 Å². The first kappa shape index (κ1) is 89.4. The first-order valence-corrected chi connectivity index (χ1v) is 42.6. The number of nitro groups is 3. The Labute approximate surface area is 690 Å². The van der Waals surface area contributed by atoms with Gasteiger partial charge in [0.2, 0.25) is 5.91 Å². The number of nitrogens with one attached hydrogen (secondary N) is 5. The minimum absolute atomic E-state index is 0.0230. The summed E-state index contributed by atoms with van der Waals surface area (Å²) >= 11 is 5.27. The van der Waals surface area contributed by atoms with E-state index in [1.807, 2.05) is 48.5 Å². The molecule has 4 aliphatic heterocycles. The van der Waals surface area contributed by atoms with E-state index in [4.69, 9.17) is 0 Å². The van der Waals surface area contributed by atoms with Crippen LogP contribution in [0.3, 0.4) is 0 Å². The SMILES string of the molecule is CCN1CCCC1CNC(=O)c1ccc(Sc2ccc(C(C)C)cc2)c([N+](=O)[O-])c1.CCN1CCCC1CNC(=O)c1ccc(Sc2ccc(C)cc2)cc1.CCN1CCCC1CNC(=O)c1ccc(Sc2ccc(C)cc2F)c([N+](=O)[O-])c1.CCN1CCCC1CNC(=O)c1ccc(Sc2ccc(NC(C)=O)cc2)c([N+](=O)[O-])c1. The highest BCUT2D eigenvalue weighted by atomic mass is 32.2. The molecule has 28 heteroatoms. The second-order valence-electron chi connectivity index (χ2n) is 29.0. The number of halogens is 1. The van der Waals surface area contributed by atoms with Gasteiger partial charge in [-0.15, -0.1) is 0 Å². The molecule has 0 aliphatic carbocycles. The molecule has 115 heavy (non-hydrogen) atoms. The molecule has 8 aromatic carbocycles. The number of likely N-dealkylation sites (tertiary alicyclic amines) is 4. The number of aryl methyl sites for hydroxylation is 2. The third kappa shape index (κ3) is 26.8. The zero-order valence-corrected chi connectivity index (χ0v) is 70.1. The van der Waals surface area contributed by atoms with Gasteiger partial charge in [-0.3, -0.25) is 73.9 Å². The fourth-order valence-electron chi connectivity index (χ4n) is 14.3. The summed E-state index contributed by atoms with van der Waals surface area (Å²) in [6.45, 7) is 28.6. The Morgan fingerprint density at radius 3 is 1.05 bits per heavy atom. The summed E-state index contributed by atoms with van der Waals surface area (Å²) in [6.07, 6.45) is 8.94. The van der Waals surface area contributed by atoms with Crippen molar-refractivity contribution in [2.24, 2.45) is 0 Å². The molecule has 4 saturated heterocycles. The summed E-state index contributed by atoms with van der Waals surface area (Å²) in [6, 6.07) is 51.2. The molecule has 4 heterocycles. The highest BCUT2D eigenvalue weighted by molar-refractivity contribution is 8.00. The van der Waals surface area contributed by atoms with Crippen molar-refractivity contribution in [3.63, 3.8) is 0 Å². The van der Waals surface area contributed by atoms with Gasteiger partial charge >= 0.3 is 0 Å². The number of hydrogen-bond donors (Lipinski definition) is 5. The van der Waals surface area contributed by atoms with Gasteiger partial charge in [-0.05, 0) is 256 Å². The number of benzene rings is 8. The van der Waals surface area contributed by atoms with E-state index >= 15 is 0 Å². The molecule has 4 aliphatic rings. The summed E-state index contributed by atoms with van der Waals surface area (Å²) in [5.41, 5.74) is 5.11. The second kappa shape index (κ2) is 44.5. The van der Waals surface area contributed by atoms with Crippen molar-refractivity contribution in [1.82, 2.24) is 40.9 Å². The fourth-order valence-corrected chi connectivity index (χ4v) is 17.8. The molecule has 8 aromatic rings. The van der Waals surface area contributed by atoms with E-state index in [1.165, 1.54) is 89.6 Å². The van der Waals surface area contributed by atoms with Gasteiger partial charge in [0.15, 0.2) is 0 Å². The molecule has 0 saturated carbocycles. The van der Waals surface area contributed by atoms with Crippen molar-refractivity contribution >= 4 is 99.3 Å². The van der Waals surface area contributed by atoms with Crippen LogP contribution in [0.2, 0.25) is 0 Å². The Hall–Kier alpha value is -9.52. The predicted octanol–water partition coefficient (Wildman–Crippen LogP) is 17.8. The number of carbonyl (C=O) groups excluding carboxylic acids is 5. The van der Waals surface area contributed by atoms with Crippen LogP contribution in [-0.2, 0) is 4.79 Å². The number of nitro benzene ring substituents is 3. The van der Waals surface area contributed by atoms with Crippen LogP contribution in [0.25, 0.3) is 0 Å². The van der Waals surface area contributed by atoms with Crippen LogP contribution in [0.4, 0.5) is 27.1 Å². The third-order valence-electron chi connectivity index (χ3n) is 20.7. The number of carbonyl (C=O) groups is 5. The molecule has 5 amide bonds. The van der Waals surface area contributed by atoms with Gasteiger partial charge in [0.1, 0.15) is 5.82 Å². The second-order valence-corrected chi connectivity index (χ2v) is 33.4. The minimum atomic E-state index is -0.541. The average molecular weight is 1640 g/mol. The first-order valence-electron chi connectivity index (χ1n) is 39.4. The molecule has 5 N–H and O–H groups in total. The lowest BCUT2D eigenvalue weighted by molar-refractivity contribution is -0.387. The predicted molar refractivity (Wildman–Crippen MR) is 456 cm³/mol. The van der Waals surface area contributed by atoms with Gasteiger partial charge in [-0.1, -0.05) is 124 Å². The summed E-state index contributed by atoms with van der Waals surface area (Å²) in [4.78, 5) is 110. The van der Waals surface area contributed by atoms with Crippen molar-refractivity contribution in [2.75, 3.05) is 83.9 Å². The lowest BCUT2D eigenvalue weighted by Gasteiger charge is -2.22. The van der Waals surface area contributed by atoms with Gasteiger partial charge in [0, 0.05) is 128 Å². The van der Waals surface area contributed by atoms with Gasteiger partial charge < -0.3 is 26.6 Å². The van der Waals surface area contributed by atoms with E-state index in [0.717, 1.165) is 135 Å². The molecule has 4 fully saturated rings. The monoisotopic (exact) mass is 1640 g/mol. The fraction of sp³-hybridized carbons (Fsp3) is 0.391. The number of rotatable bonds is 29. The van der Waals surface area contributed by atoms with Crippen LogP contribution >= 0.6 is 47.0 Å². The number of anilines is 1. The third-order valence-corrected chi connectivity index (χ3v) is 25.0. The number of nitrogens with zero attached hydrogens (tertiary/aromatic N) is 7. The van der Waals surface area contributed by atoms with Crippen LogP contribution in [0, 0.1) is 50.0 Å². The Kier molecular flexibility index (Phi) is 34.6. The lowest BCUT2D eigenvalue weighted by Crippen LogP contribution is -2.40. The van der Waals surface area contributed by atoms with Gasteiger partial charge in [0.25, 0.3) is 40.7 Å². The highest BCUT2D eigenvalue weighted by Gasteiger charge is 2.30. The Morgan fingerprint density at radius 1 is 0.409 bits per heavy atom. The summed E-state index contributed by atoms with van der Waals surface area (Å²) in [5, 5.41) is 49.3. The standard InChI is InChI=1S/C23H29N3O3S.C22H26N4O4S.C21H24FN3O3S.C21H26N2OS/c1-4-25-13-5-6-19(25)15-24-23(27)18-9-12-22(21(14-18)26(28)29)30-20-10-7-17(8-11-20)16(2)3;1-3-25-12-4-5-18(25)14-23-22(28)16-6-11-21(20(13-16)26(29)30)31-19-9-7-17(8-10-19)24-15(2)27;1-3-24-10-4-5-16(24)13-23-21(26)15-7-9-20(18(12-15)25(27)28)29-19-8-6-14(2)11-17(19)22;1-3-23-14-4-5-18(23)15-22-21(24)17-8-12-20(13-9-17)25-19-10-6-16(2)7-11-19/h7-12,14,16,19H,4-6,13,15H2,1-3H3,(H,24,27);6-11,13,18H,3-5,12,14H2,1-2H3,(H,23,28)(H,24,27);6-9,11-12,16H,3-5,10,13H2,1-2H3,(H,23,26);6-13,18H,3-5,14-15H2,1-2H3,(H,22,24).